The van der Waals surface area contributed by atoms with Crippen molar-refractivity contribution in [2.24, 2.45) is 0 Å². The van der Waals surface area contributed by atoms with Crippen LogP contribution in [0.25, 0.3) is 0 Å². The maximum absolute atomic E-state index is 4.37. The number of benzene rings is 1. The van der Waals surface area contributed by atoms with Gasteiger partial charge in [0.05, 0.1) is 5.54 Å². The molecule has 0 aliphatic heterocycles. The molecule has 2 rings (SSSR count). The second-order valence-electron chi connectivity index (χ2n) is 6.56. The molecule has 1 aliphatic rings. The van der Waals surface area contributed by atoms with Gasteiger partial charge >= 0.3 is 0 Å². The van der Waals surface area contributed by atoms with Crippen molar-refractivity contribution in [2.75, 3.05) is 14.1 Å². The summed E-state index contributed by atoms with van der Waals surface area (Å²) in [6.45, 7) is 12.6. The Kier molecular flexibility index (Phi) is 4.58. The monoisotopic (exact) mass is 284 g/mol. The maximum Gasteiger partial charge on any atom is 0.0641 e. The van der Waals surface area contributed by atoms with E-state index >= 15 is 0 Å². The smallest absolute Gasteiger partial charge is 0.0641 e. The zero-order valence-corrected chi connectivity index (χ0v) is 13.9. The van der Waals surface area contributed by atoms with Crippen molar-refractivity contribution in [1.29, 1.82) is 0 Å². The summed E-state index contributed by atoms with van der Waals surface area (Å²) in [4.78, 5) is 2.32. The number of aryl methyl sites for hydroxylation is 1. The van der Waals surface area contributed by atoms with Crippen LogP contribution in [-0.4, -0.2) is 30.6 Å². The minimum atomic E-state index is -0.0158. The molecule has 0 saturated heterocycles. The van der Waals surface area contributed by atoms with E-state index in [4.69, 9.17) is 0 Å². The molecule has 0 heterocycles. The summed E-state index contributed by atoms with van der Waals surface area (Å²) in [6.07, 6.45) is 3.23. The quantitative estimate of drug-likeness (QED) is 0.832. The van der Waals surface area contributed by atoms with Crippen LogP contribution in [0.3, 0.4) is 0 Å². The lowest BCUT2D eigenvalue weighted by Crippen LogP contribution is -2.54. The Morgan fingerprint density at radius 1 is 1.24 bits per heavy atom. The molecule has 2 nitrogen and oxygen atoms in total. The lowest BCUT2D eigenvalue weighted by molar-refractivity contribution is 0.161. The molecule has 0 saturated carbocycles. The molecule has 2 heteroatoms. The number of nitrogens with one attached hydrogen (secondary N) is 1. The van der Waals surface area contributed by atoms with Crippen molar-refractivity contribution in [2.45, 2.75) is 44.7 Å². The number of hydrogen-bond acceptors (Lipinski definition) is 2. The summed E-state index contributed by atoms with van der Waals surface area (Å²) in [7, 11) is 4.32. The van der Waals surface area contributed by atoms with Gasteiger partial charge in [0.15, 0.2) is 0 Å². The molecular weight excluding hydrogens is 256 g/mol. The van der Waals surface area contributed by atoms with Crippen LogP contribution in [0.4, 0.5) is 0 Å². The summed E-state index contributed by atoms with van der Waals surface area (Å²) < 4.78 is 0. The van der Waals surface area contributed by atoms with Crippen molar-refractivity contribution in [3.05, 3.63) is 59.8 Å². The van der Waals surface area contributed by atoms with E-state index in [1.54, 1.807) is 0 Å². The van der Waals surface area contributed by atoms with Gasteiger partial charge in [-0.3, -0.25) is 4.90 Å². The lowest BCUT2D eigenvalue weighted by Gasteiger charge is -2.46. The van der Waals surface area contributed by atoms with Crippen LogP contribution < -0.4 is 5.32 Å². The standard InChI is InChI=1S/C19H28N2/c1-14(2)15(3)20-16(4)19(21(5)6)12-11-17-9-7-8-10-18(17)13-19/h7-10,15,20H,1,4,11-13H2,2-3,5-6H3. The number of likely N-dealkylation sites (N-methyl/N-ethyl adjacent to an activating group) is 1. The van der Waals surface area contributed by atoms with E-state index in [2.05, 4.69) is 75.6 Å². The molecule has 114 valence electrons. The fraction of sp³-hybridized carbons (Fsp3) is 0.474. The molecule has 1 aromatic rings. The van der Waals surface area contributed by atoms with Crippen molar-refractivity contribution in [3.63, 3.8) is 0 Å². The van der Waals surface area contributed by atoms with Gasteiger partial charge in [-0.15, -0.1) is 0 Å². The van der Waals surface area contributed by atoms with Gasteiger partial charge in [0.25, 0.3) is 0 Å². The largest absolute Gasteiger partial charge is 0.381 e. The first-order chi connectivity index (χ1) is 9.86. The molecule has 0 bridgehead atoms. The predicted octanol–water partition coefficient (Wildman–Crippen LogP) is 3.54. The highest BCUT2D eigenvalue weighted by molar-refractivity contribution is 5.36. The van der Waals surface area contributed by atoms with Gasteiger partial charge in [0.2, 0.25) is 0 Å². The molecule has 1 aromatic carbocycles. The van der Waals surface area contributed by atoms with Gasteiger partial charge in [-0.1, -0.05) is 43.0 Å². The predicted molar refractivity (Wildman–Crippen MR) is 91.4 cm³/mol. The average Bonchev–Trinajstić information content (AvgIpc) is 2.46. The number of nitrogens with zero attached hydrogens (tertiary/aromatic N) is 1. The Labute approximate surface area is 129 Å². The maximum atomic E-state index is 4.37. The number of fused-ring (bicyclic) bond motifs is 1. The van der Waals surface area contributed by atoms with Crippen LogP contribution in [0.5, 0.6) is 0 Å². The van der Waals surface area contributed by atoms with Gasteiger partial charge in [-0.2, -0.15) is 0 Å². The minimum absolute atomic E-state index is 0.0158. The van der Waals surface area contributed by atoms with Crippen LogP contribution in [-0.2, 0) is 12.8 Å². The van der Waals surface area contributed by atoms with Crippen LogP contribution in [0.15, 0.2) is 48.7 Å². The van der Waals surface area contributed by atoms with Crippen molar-refractivity contribution >= 4 is 0 Å². The Morgan fingerprint density at radius 3 is 2.43 bits per heavy atom. The van der Waals surface area contributed by atoms with Gasteiger partial charge < -0.3 is 5.32 Å². The van der Waals surface area contributed by atoms with Crippen molar-refractivity contribution < 1.29 is 0 Å². The average molecular weight is 284 g/mol. The fourth-order valence-electron chi connectivity index (χ4n) is 3.15. The van der Waals surface area contributed by atoms with E-state index in [9.17, 15) is 0 Å². The molecule has 1 aliphatic carbocycles. The topological polar surface area (TPSA) is 15.3 Å². The highest BCUT2D eigenvalue weighted by Crippen LogP contribution is 2.36. The van der Waals surface area contributed by atoms with Gasteiger partial charge in [0.1, 0.15) is 0 Å². The summed E-state index contributed by atoms with van der Waals surface area (Å²) in [6, 6.07) is 9.03. The summed E-state index contributed by atoms with van der Waals surface area (Å²) in [5, 5.41) is 3.57. The first-order valence-electron chi connectivity index (χ1n) is 7.72. The number of hydrogen-bond donors (Lipinski definition) is 1. The highest BCUT2D eigenvalue weighted by Gasteiger charge is 2.39. The molecule has 0 radical (unpaired) electrons. The first kappa shape index (κ1) is 15.8. The molecule has 0 amide bonds. The Bertz CT molecular complexity index is 544. The zero-order chi connectivity index (χ0) is 15.6. The second kappa shape index (κ2) is 6.07. The van der Waals surface area contributed by atoms with Crippen LogP contribution in [0.2, 0.25) is 0 Å². The first-order valence-corrected chi connectivity index (χ1v) is 7.72. The molecule has 0 spiro atoms. The Hall–Kier alpha value is -1.54. The van der Waals surface area contributed by atoms with E-state index in [0.29, 0.717) is 0 Å². The van der Waals surface area contributed by atoms with Crippen LogP contribution >= 0.6 is 0 Å². The van der Waals surface area contributed by atoms with Gasteiger partial charge in [0, 0.05) is 11.7 Å². The van der Waals surface area contributed by atoms with E-state index in [1.165, 1.54) is 11.1 Å². The third-order valence-corrected chi connectivity index (χ3v) is 4.96. The molecule has 2 unspecified atom stereocenters. The third-order valence-electron chi connectivity index (χ3n) is 4.96. The molecular formula is C19H28N2. The lowest BCUT2D eigenvalue weighted by atomic mass is 9.75. The van der Waals surface area contributed by atoms with Crippen LogP contribution in [0, 0.1) is 0 Å². The zero-order valence-electron chi connectivity index (χ0n) is 13.9. The molecule has 1 N–H and O–H groups in total. The van der Waals surface area contributed by atoms with E-state index in [0.717, 1.165) is 30.5 Å². The molecule has 0 aromatic heterocycles. The fourth-order valence-corrected chi connectivity index (χ4v) is 3.15. The molecule has 21 heavy (non-hydrogen) atoms. The highest BCUT2D eigenvalue weighted by atomic mass is 15.2. The van der Waals surface area contributed by atoms with Gasteiger partial charge in [-0.25, -0.2) is 0 Å². The van der Waals surface area contributed by atoms with Gasteiger partial charge in [-0.05, 0) is 58.3 Å². The summed E-state index contributed by atoms with van der Waals surface area (Å²) >= 11 is 0. The summed E-state index contributed by atoms with van der Waals surface area (Å²) in [5.41, 5.74) is 5.16. The Balaban J connectivity index is 2.27. The molecule has 2 atom stereocenters. The normalized spacial score (nSPS) is 22.5. The SMILES string of the molecule is C=C(C)C(C)NC(=C)C1(N(C)C)CCc2ccccc2C1. The second-order valence-corrected chi connectivity index (χ2v) is 6.56. The minimum Gasteiger partial charge on any atom is -0.381 e. The Morgan fingerprint density at radius 2 is 1.86 bits per heavy atom. The summed E-state index contributed by atoms with van der Waals surface area (Å²) in [5.74, 6) is 0. The van der Waals surface area contributed by atoms with Crippen molar-refractivity contribution in [1.82, 2.24) is 10.2 Å². The third kappa shape index (κ3) is 3.06. The van der Waals surface area contributed by atoms with E-state index < -0.39 is 0 Å². The van der Waals surface area contributed by atoms with Crippen molar-refractivity contribution in [3.8, 4) is 0 Å². The van der Waals surface area contributed by atoms with Crippen LogP contribution in [0.1, 0.15) is 31.4 Å². The van der Waals surface area contributed by atoms with E-state index in [-0.39, 0.29) is 11.6 Å². The van der Waals surface area contributed by atoms with E-state index in [1.807, 2.05) is 0 Å². The number of rotatable bonds is 5. The molecule has 0 fully saturated rings.